The Kier molecular flexibility index (Phi) is 4.60. The molecular formula is C13H17FN2OS. The number of amides is 1. The van der Waals surface area contributed by atoms with Crippen LogP contribution in [0.5, 0.6) is 0 Å². The Hall–Kier alpha value is -1.07. The number of thioether (sulfide) groups is 1. The van der Waals surface area contributed by atoms with Crippen LogP contribution in [0.1, 0.15) is 18.5 Å². The molecule has 5 heteroatoms. The van der Waals surface area contributed by atoms with Gasteiger partial charge in [0.2, 0.25) is 5.91 Å². The molecule has 3 nitrogen and oxygen atoms in total. The maximum absolute atomic E-state index is 12.8. The zero-order valence-electron chi connectivity index (χ0n) is 10.3. The molecule has 1 fully saturated rings. The molecule has 0 saturated carbocycles. The number of rotatable bonds is 3. The maximum Gasteiger partial charge on any atom is 0.238 e. The number of nitrogens with one attached hydrogen (secondary N) is 2. The minimum absolute atomic E-state index is 0.0130. The van der Waals surface area contributed by atoms with Crippen molar-refractivity contribution < 1.29 is 9.18 Å². The summed E-state index contributed by atoms with van der Waals surface area (Å²) in [7, 11) is 0. The molecule has 1 aromatic rings. The third kappa shape index (κ3) is 3.46. The van der Waals surface area contributed by atoms with Crippen molar-refractivity contribution in [2.75, 3.05) is 18.1 Å². The highest BCUT2D eigenvalue weighted by Crippen LogP contribution is 2.14. The van der Waals surface area contributed by atoms with Gasteiger partial charge in [-0.2, -0.15) is 11.8 Å². The van der Waals surface area contributed by atoms with E-state index in [0.717, 1.165) is 23.6 Å². The fraction of sp³-hybridized carbons (Fsp3) is 0.462. The normalized spacial score (nSPS) is 21.3. The van der Waals surface area contributed by atoms with E-state index in [9.17, 15) is 9.18 Å². The highest BCUT2D eigenvalue weighted by atomic mass is 32.2. The maximum atomic E-state index is 12.8. The van der Waals surface area contributed by atoms with Crippen LogP contribution < -0.4 is 10.6 Å². The van der Waals surface area contributed by atoms with Crippen LogP contribution >= 0.6 is 11.8 Å². The van der Waals surface area contributed by atoms with Gasteiger partial charge in [0.05, 0.1) is 12.1 Å². The van der Waals surface area contributed by atoms with Crippen LogP contribution in [-0.2, 0) is 4.79 Å². The molecule has 1 heterocycles. The van der Waals surface area contributed by atoms with Gasteiger partial charge in [0.15, 0.2) is 0 Å². The Labute approximate surface area is 111 Å². The number of halogens is 1. The first-order valence-corrected chi connectivity index (χ1v) is 7.19. The van der Waals surface area contributed by atoms with E-state index in [0.29, 0.717) is 0 Å². The third-order valence-corrected chi connectivity index (χ3v) is 4.03. The van der Waals surface area contributed by atoms with E-state index >= 15 is 0 Å². The second-order valence-electron chi connectivity index (χ2n) is 4.36. The van der Waals surface area contributed by atoms with Crippen molar-refractivity contribution in [2.24, 2.45) is 0 Å². The predicted octanol–water partition coefficient (Wildman–Crippen LogP) is 1.71. The lowest BCUT2D eigenvalue weighted by Gasteiger charge is -2.24. The molecule has 98 valence electrons. The molecule has 1 aliphatic heterocycles. The van der Waals surface area contributed by atoms with E-state index in [4.69, 9.17) is 0 Å². The Morgan fingerprint density at radius 1 is 1.50 bits per heavy atom. The summed E-state index contributed by atoms with van der Waals surface area (Å²) in [6.45, 7) is 2.77. The van der Waals surface area contributed by atoms with Crippen molar-refractivity contribution >= 4 is 17.7 Å². The van der Waals surface area contributed by atoms with Crippen LogP contribution in [0.3, 0.4) is 0 Å². The van der Waals surface area contributed by atoms with Gasteiger partial charge in [-0.3, -0.25) is 4.79 Å². The summed E-state index contributed by atoms with van der Waals surface area (Å²) in [5.74, 6) is 1.61. The molecule has 1 saturated heterocycles. The Balaban J connectivity index is 1.91. The molecule has 0 aromatic heterocycles. The van der Waals surface area contributed by atoms with Crippen LogP contribution in [0, 0.1) is 5.82 Å². The SMILES string of the molecule is C[C@@H](NC(=O)C1CSCCN1)c1ccc(F)cc1. The molecule has 2 rings (SSSR count). The summed E-state index contributed by atoms with van der Waals surface area (Å²) in [6, 6.07) is 5.99. The lowest BCUT2D eigenvalue weighted by Crippen LogP contribution is -2.49. The van der Waals surface area contributed by atoms with Crippen molar-refractivity contribution in [3.8, 4) is 0 Å². The minimum atomic E-state index is -0.261. The first-order chi connectivity index (χ1) is 8.66. The van der Waals surface area contributed by atoms with E-state index in [1.165, 1.54) is 12.1 Å². The molecule has 1 amide bonds. The monoisotopic (exact) mass is 268 g/mol. The van der Waals surface area contributed by atoms with E-state index in [1.54, 1.807) is 23.9 Å². The molecule has 0 spiro atoms. The van der Waals surface area contributed by atoms with Crippen molar-refractivity contribution in [1.82, 2.24) is 10.6 Å². The second kappa shape index (κ2) is 6.20. The van der Waals surface area contributed by atoms with Crippen LogP contribution in [0.15, 0.2) is 24.3 Å². The molecule has 1 aromatic carbocycles. The Morgan fingerprint density at radius 3 is 2.83 bits per heavy atom. The number of hydrogen-bond donors (Lipinski definition) is 2. The minimum Gasteiger partial charge on any atom is -0.348 e. The summed E-state index contributed by atoms with van der Waals surface area (Å²) < 4.78 is 12.8. The second-order valence-corrected chi connectivity index (χ2v) is 5.51. The van der Waals surface area contributed by atoms with Gasteiger partial charge in [-0.05, 0) is 24.6 Å². The van der Waals surface area contributed by atoms with Crippen molar-refractivity contribution in [3.05, 3.63) is 35.6 Å². The molecular weight excluding hydrogens is 251 g/mol. The number of carbonyl (C=O) groups excluding carboxylic acids is 1. The van der Waals surface area contributed by atoms with Crippen molar-refractivity contribution in [2.45, 2.75) is 19.0 Å². The first kappa shape index (κ1) is 13.4. The van der Waals surface area contributed by atoms with Gasteiger partial charge >= 0.3 is 0 Å². The van der Waals surface area contributed by atoms with Gasteiger partial charge < -0.3 is 10.6 Å². The zero-order chi connectivity index (χ0) is 13.0. The van der Waals surface area contributed by atoms with Crippen LogP contribution in [0.4, 0.5) is 4.39 Å². The standard InChI is InChI=1S/C13H17FN2OS/c1-9(10-2-4-11(14)5-3-10)16-13(17)12-8-18-7-6-15-12/h2-5,9,12,15H,6-8H2,1H3,(H,16,17)/t9-,12?/m1/s1. The summed E-state index contributed by atoms with van der Waals surface area (Å²) in [5.41, 5.74) is 0.910. The summed E-state index contributed by atoms with van der Waals surface area (Å²) >= 11 is 1.78. The highest BCUT2D eigenvalue weighted by molar-refractivity contribution is 7.99. The summed E-state index contributed by atoms with van der Waals surface area (Å²) in [6.07, 6.45) is 0. The highest BCUT2D eigenvalue weighted by Gasteiger charge is 2.22. The smallest absolute Gasteiger partial charge is 0.238 e. The topological polar surface area (TPSA) is 41.1 Å². The first-order valence-electron chi connectivity index (χ1n) is 6.04. The molecule has 0 aliphatic carbocycles. The summed E-state index contributed by atoms with van der Waals surface area (Å²) in [4.78, 5) is 12.0. The van der Waals surface area contributed by atoms with Crippen LogP contribution in [-0.4, -0.2) is 30.0 Å². The zero-order valence-corrected chi connectivity index (χ0v) is 11.1. The lowest BCUT2D eigenvalue weighted by molar-refractivity contribution is -0.123. The molecule has 1 unspecified atom stereocenters. The van der Waals surface area contributed by atoms with Crippen molar-refractivity contribution in [3.63, 3.8) is 0 Å². The molecule has 2 atom stereocenters. The Bertz CT molecular complexity index is 404. The van der Waals surface area contributed by atoms with E-state index in [2.05, 4.69) is 10.6 Å². The fourth-order valence-electron chi connectivity index (χ4n) is 1.88. The average Bonchev–Trinajstić information content (AvgIpc) is 2.40. The van der Waals surface area contributed by atoms with Gasteiger partial charge in [-0.25, -0.2) is 4.39 Å². The van der Waals surface area contributed by atoms with Gasteiger partial charge in [0.25, 0.3) is 0 Å². The molecule has 1 aliphatic rings. The van der Waals surface area contributed by atoms with Crippen LogP contribution in [0.25, 0.3) is 0 Å². The predicted molar refractivity (Wildman–Crippen MR) is 72.1 cm³/mol. The molecule has 0 bridgehead atoms. The van der Waals surface area contributed by atoms with Crippen molar-refractivity contribution in [1.29, 1.82) is 0 Å². The number of benzene rings is 1. The van der Waals surface area contributed by atoms with E-state index < -0.39 is 0 Å². The largest absolute Gasteiger partial charge is 0.348 e. The quantitative estimate of drug-likeness (QED) is 0.877. The fourth-order valence-corrected chi connectivity index (χ4v) is 2.82. The molecule has 0 radical (unpaired) electrons. The number of carbonyl (C=O) groups is 1. The number of hydrogen-bond acceptors (Lipinski definition) is 3. The Morgan fingerprint density at radius 2 is 2.22 bits per heavy atom. The third-order valence-electron chi connectivity index (χ3n) is 2.97. The van der Waals surface area contributed by atoms with Gasteiger partial charge in [0, 0.05) is 18.1 Å². The van der Waals surface area contributed by atoms with Gasteiger partial charge in [-0.15, -0.1) is 0 Å². The summed E-state index contributed by atoms with van der Waals surface area (Å²) in [5, 5.41) is 6.14. The van der Waals surface area contributed by atoms with E-state index in [-0.39, 0.29) is 23.8 Å². The molecule has 2 N–H and O–H groups in total. The van der Waals surface area contributed by atoms with Crippen LogP contribution in [0.2, 0.25) is 0 Å². The lowest BCUT2D eigenvalue weighted by atomic mass is 10.1. The van der Waals surface area contributed by atoms with Gasteiger partial charge in [0.1, 0.15) is 5.82 Å². The van der Waals surface area contributed by atoms with Gasteiger partial charge in [-0.1, -0.05) is 12.1 Å². The van der Waals surface area contributed by atoms with E-state index in [1.807, 2.05) is 6.92 Å². The molecule has 18 heavy (non-hydrogen) atoms. The average molecular weight is 268 g/mol.